The van der Waals surface area contributed by atoms with Crippen LogP contribution in [0.5, 0.6) is 5.75 Å². The Balaban J connectivity index is 1.79. The van der Waals surface area contributed by atoms with Gasteiger partial charge in [0.05, 0.1) is 17.9 Å². The number of pyridine rings is 1. The lowest BCUT2D eigenvalue weighted by Gasteiger charge is -2.34. The van der Waals surface area contributed by atoms with Crippen molar-refractivity contribution in [3.63, 3.8) is 0 Å². The third kappa shape index (κ3) is 5.46. The fourth-order valence-corrected chi connectivity index (χ4v) is 6.16. The lowest BCUT2D eigenvalue weighted by molar-refractivity contribution is 0.0981. The molecule has 11 heteroatoms. The second-order valence-corrected chi connectivity index (χ2v) is 11.7. The first-order valence-corrected chi connectivity index (χ1v) is 13.7. The van der Waals surface area contributed by atoms with Crippen molar-refractivity contribution >= 4 is 28.0 Å². The minimum Gasteiger partial charge on any atom is -0.494 e. The number of hydrogen-bond donors (Lipinski definition) is 2. The Kier molecular flexibility index (Phi) is 7.27. The van der Waals surface area contributed by atoms with Crippen LogP contribution in [-0.4, -0.2) is 44.2 Å². The number of hydrogen-bond acceptors (Lipinski definition) is 8. The summed E-state index contributed by atoms with van der Waals surface area (Å²) in [5.41, 5.74) is 6.00. The third-order valence-electron chi connectivity index (χ3n) is 6.54. The highest BCUT2D eigenvalue weighted by Gasteiger charge is 2.39. The number of nitrogens with one attached hydrogen (secondary N) is 1. The Morgan fingerprint density at radius 1 is 1.30 bits per heavy atom. The monoisotopic (exact) mass is 529 g/mol. The van der Waals surface area contributed by atoms with E-state index < -0.39 is 21.7 Å². The standard InChI is InChI=1S/C26H32FN5O4S/c1-5-36-17-8-10-20(27)19(13-17)21-11-9-18(24(30-21)32-15-16(2)14-26(32,3)4)25(33)31-37(34,35)22-7-6-12-29-23(22)28/h8-13,16H,5-7,14-15,28H2,1-4H3,(H,31,33)/t16-/m0/s1. The number of nitrogens with zero attached hydrogens (tertiary/aromatic N) is 3. The van der Waals surface area contributed by atoms with Crippen molar-refractivity contribution in [1.29, 1.82) is 0 Å². The van der Waals surface area contributed by atoms with E-state index in [4.69, 9.17) is 15.5 Å². The van der Waals surface area contributed by atoms with E-state index in [1.165, 1.54) is 30.5 Å². The lowest BCUT2D eigenvalue weighted by atomic mass is 9.97. The maximum absolute atomic E-state index is 14.8. The van der Waals surface area contributed by atoms with Gasteiger partial charge in [0.15, 0.2) is 0 Å². The average Bonchev–Trinajstić information content (AvgIpc) is 3.11. The summed E-state index contributed by atoms with van der Waals surface area (Å²) in [6.45, 7) is 9.02. The third-order valence-corrected chi connectivity index (χ3v) is 8.06. The molecule has 0 bridgehead atoms. The summed E-state index contributed by atoms with van der Waals surface area (Å²) in [4.78, 5) is 23.8. The number of rotatable bonds is 7. The van der Waals surface area contributed by atoms with Gasteiger partial charge in [0.2, 0.25) is 0 Å². The van der Waals surface area contributed by atoms with Crippen LogP contribution in [0, 0.1) is 11.7 Å². The van der Waals surface area contributed by atoms with Crippen molar-refractivity contribution in [2.24, 2.45) is 16.6 Å². The summed E-state index contributed by atoms with van der Waals surface area (Å²) < 4.78 is 48.5. The number of benzene rings is 1. The van der Waals surface area contributed by atoms with E-state index >= 15 is 0 Å². The van der Waals surface area contributed by atoms with Crippen molar-refractivity contribution < 1.29 is 22.3 Å². The molecule has 4 rings (SSSR count). The number of allylic oxidation sites excluding steroid dienone is 1. The van der Waals surface area contributed by atoms with Crippen LogP contribution >= 0.6 is 0 Å². The van der Waals surface area contributed by atoms with E-state index in [0.29, 0.717) is 36.9 Å². The maximum atomic E-state index is 14.8. The van der Waals surface area contributed by atoms with Crippen molar-refractivity contribution in [2.75, 3.05) is 18.1 Å². The molecule has 0 spiro atoms. The number of nitrogens with two attached hydrogens (primary N) is 1. The lowest BCUT2D eigenvalue weighted by Crippen LogP contribution is -2.41. The molecule has 0 aliphatic carbocycles. The quantitative estimate of drug-likeness (QED) is 0.556. The number of sulfonamides is 1. The molecule has 1 aromatic heterocycles. The molecule has 3 N–H and O–H groups in total. The molecule has 2 aliphatic heterocycles. The van der Waals surface area contributed by atoms with Crippen molar-refractivity contribution in [3.8, 4) is 17.0 Å². The summed E-state index contributed by atoms with van der Waals surface area (Å²) in [5, 5.41) is 0. The van der Waals surface area contributed by atoms with Crippen LogP contribution in [0.2, 0.25) is 0 Å². The van der Waals surface area contributed by atoms with Crippen molar-refractivity contribution in [2.45, 2.75) is 52.5 Å². The molecule has 1 atom stereocenters. The second kappa shape index (κ2) is 10.1. The summed E-state index contributed by atoms with van der Waals surface area (Å²) >= 11 is 0. The molecule has 1 fully saturated rings. The van der Waals surface area contributed by atoms with Gasteiger partial charge in [-0.3, -0.25) is 4.79 Å². The molecule has 3 heterocycles. The van der Waals surface area contributed by atoms with Gasteiger partial charge < -0.3 is 15.4 Å². The first-order valence-electron chi connectivity index (χ1n) is 12.2. The van der Waals surface area contributed by atoms with Crippen LogP contribution < -0.4 is 20.1 Å². The predicted molar refractivity (Wildman–Crippen MR) is 141 cm³/mol. The summed E-state index contributed by atoms with van der Waals surface area (Å²) in [7, 11) is -4.22. The predicted octanol–water partition coefficient (Wildman–Crippen LogP) is 3.96. The topological polar surface area (TPSA) is 127 Å². The largest absolute Gasteiger partial charge is 0.494 e. The molecule has 2 aliphatic rings. The highest BCUT2D eigenvalue weighted by molar-refractivity contribution is 7.94. The van der Waals surface area contributed by atoms with Crippen LogP contribution in [0.4, 0.5) is 10.2 Å². The minimum atomic E-state index is -4.22. The van der Waals surface area contributed by atoms with Gasteiger partial charge in [-0.25, -0.2) is 27.5 Å². The number of amides is 1. The highest BCUT2D eigenvalue weighted by Crippen LogP contribution is 2.39. The zero-order valence-corrected chi connectivity index (χ0v) is 22.2. The molecular formula is C26H32FN5O4S. The fourth-order valence-electron chi connectivity index (χ4n) is 4.97. The summed E-state index contributed by atoms with van der Waals surface area (Å²) in [6, 6.07) is 7.39. The molecule has 1 amide bonds. The van der Waals surface area contributed by atoms with Crippen LogP contribution in [-0.2, 0) is 10.0 Å². The average molecular weight is 530 g/mol. The Morgan fingerprint density at radius 3 is 2.70 bits per heavy atom. The summed E-state index contributed by atoms with van der Waals surface area (Å²) in [5.74, 6) is -0.392. The minimum absolute atomic E-state index is 0.0642. The molecule has 0 radical (unpaired) electrons. The molecular weight excluding hydrogens is 497 g/mol. The van der Waals surface area contributed by atoms with Crippen molar-refractivity contribution in [3.05, 3.63) is 52.4 Å². The Hall–Kier alpha value is -3.47. The number of aliphatic imine (C=N–C) groups is 1. The molecule has 2 aromatic rings. The van der Waals surface area contributed by atoms with E-state index in [1.54, 1.807) is 6.07 Å². The van der Waals surface area contributed by atoms with Crippen LogP contribution in [0.3, 0.4) is 0 Å². The number of carbonyl (C=O) groups excluding carboxylic acids is 1. The SMILES string of the molecule is CCOc1ccc(F)c(-c2ccc(C(=O)NS(=O)(=O)C3=C(N)N=CCC3)c(N3C[C@@H](C)CC3(C)C)n2)c1. The molecule has 9 nitrogen and oxygen atoms in total. The van der Waals surface area contributed by atoms with E-state index in [9.17, 15) is 17.6 Å². The molecule has 1 aromatic carbocycles. The maximum Gasteiger partial charge on any atom is 0.268 e. The Bertz CT molecular complexity index is 1390. The van der Waals surface area contributed by atoms with Crippen LogP contribution in [0.1, 0.15) is 57.3 Å². The van der Waals surface area contributed by atoms with Gasteiger partial charge >= 0.3 is 0 Å². The Morgan fingerprint density at radius 2 is 2.05 bits per heavy atom. The number of carbonyl (C=O) groups is 1. The first-order chi connectivity index (χ1) is 17.4. The zero-order valence-electron chi connectivity index (χ0n) is 21.4. The van der Waals surface area contributed by atoms with Crippen molar-refractivity contribution in [1.82, 2.24) is 9.71 Å². The normalized spacial score (nSPS) is 19.3. The number of anilines is 1. The van der Waals surface area contributed by atoms with E-state index in [-0.39, 0.29) is 39.6 Å². The first kappa shape index (κ1) is 26.6. The summed E-state index contributed by atoms with van der Waals surface area (Å²) in [6.07, 6.45) is 2.92. The van der Waals surface area contributed by atoms with E-state index in [1.807, 2.05) is 25.7 Å². The van der Waals surface area contributed by atoms with Gasteiger partial charge in [-0.15, -0.1) is 0 Å². The second-order valence-electron chi connectivity index (χ2n) is 9.97. The fraction of sp³-hybridized carbons (Fsp3) is 0.423. The smallest absolute Gasteiger partial charge is 0.268 e. The van der Waals surface area contributed by atoms with Gasteiger partial charge in [0.25, 0.3) is 15.9 Å². The molecule has 37 heavy (non-hydrogen) atoms. The van der Waals surface area contributed by atoms with Gasteiger partial charge in [0, 0.05) is 23.9 Å². The Labute approximate surface area is 216 Å². The molecule has 0 unspecified atom stereocenters. The van der Waals surface area contributed by atoms with Crippen LogP contribution in [0.15, 0.2) is 46.1 Å². The van der Waals surface area contributed by atoms with Crippen LogP contribution in [0.25, 0.3) is 11.3 Å². The number of ether oxygens (including phenoxy) is 1. The molecule has 198 valence electrons. The van der Waals surface area contributed by atoms with E-state index in [2.05, 4.69) is 16.6 Å². The molecule has 0 saturated carbocycles. The van der Waals surface area contributed by atoms with Gasteiger partial charge in [-0.05, 0) is 76.3 Å². The highest BCUT2D eigenvalue weighted by atomic mass is 32.2. The van der Waals surface area contributed by atoms with Gasteiger partial charge in [-0.1, -0.05) is 6.92 Å². The molecule has 1 saturated heterocycles. The van der Waals surface area contributed by atoms with Gasteiger partial charge in [-0.2, -0.15) is 0 Å². The van der Waals surface area contributed by atoms with Gasteiger partial charge in [0.1, 0.15) is 28.1 Å². The number of aromatic nitrogens is 1. The number of halogens is 1. The van der Waals surface area contributed by atoms with E-state index in [0.717, 1.165) is 6.42 Å². The zero-order chi connectivity index (χ0) is 27.0.